The molecule has 0 fully saturated rings. The van der Waals surface area contributed by atoms with E-state index in [4.69, 9.17) is 4.74 Å². The van der Waals surface area contributed by atoms with Gasteiger partial charge in [-0.25, -0.2) is 0 Å². The number of nitrogens with one attached hydrogen (secondary N) is 1. The lowest BCUT2D eigenvalue weighted by Crippen LogP contribution is -2.21. The quantitative estimate of drug-likeness (QED) is 0.447. The van der Waals surface area contributed by atoms with E-state index in [-0.39, 0.29) is 5.43 Å². The van der Waals surface area contributed by atoms with Crippen molar-refractivity contribution in [1.82, 2.24) is 9.47 Å². The number of aromatic nitrogens is 1. The van der Waals surface area contributed by atoms with Gasteiger partial charge in [-0.1, -0.05) is 30.3 Å². The Balaban J connectivity index is 1.83. The maximum atomic E-state index is 13.6. The van der Waals surface area contributed by atoms with Gasteiger partial charge in [0.25, 0.3) is 0 Å². The minimum atomic E-state index is 0.0765. The van der Waals surface area contributed by atoms with Gasteiger partial charge in [0.1, 0.15) is 5.75 Å². The van der Waals surface area contributed by atoms with Crippen molar-refractivity contribution < 1.29 is 4.74 Å². The zero-order chi connectivity index (χ0) is 22.0. The van der Waals surface area contributed by atoms with Gasteiger partial charge in [0.2, 0.25) is 0 Å². The zero-order valence-electron chi connectivity index (χ0n) is 18.6. The SMILES string of the molecule is COc1ccc(CNc2cccc3c2c(=O)c2cccc(C)c2n3CCN(C)C)cc1. The molecule has 5 nitrogen and oxygen atoms in total. The number of likely N-dealkylation sites (N-methyl/N-ethyl adjacent to an activating group) is 1. The first-order chi connectivity index (χ1) is 15.0. The summed E-state index contributed by atoms with van der Waals surface area (Å²) in [7, 11) is 5.81. The maximum Gasteiger partial charge on any atom is 0.199 e. The lowest BCUT2D eigenvalue weighted by Gasteiger charge is -2.20. The van der Waals surface area contributed by atoms with Crippen molar-refractivity contribution in [3.05, 3.63) is 82.0 Å². The molecule has 0 amide bonds. The molecule has 31 heavy (non-hydrogen) atoms. The molecule has 3 aromatic carbocycles. The number of hydrogen-bond donors (Lipinski definition) is 1. The first-order valence-electron chi connectivity index (χ1n) is 10.6. The minimum absolute atomic E-state index is 0.0765. The van der Waals surface area contributed by atoms with Crippen LogP contribution in [0.1, 0.15) is 11.1 Å². The average Bonchev–Trinajstić information content (AvgIpc) is 2.78. The van der Waals surface area contributed by atoms with Crippen molar-refractivity contribution in [2.45, 2.75) is 20.0 Å². The molecule has 0 radical (unpaired) electrons. The van der Waals surface area contributed by atoms with E-state index < -0.39 is 0 Å². The largest absolute Gasteiger partial charge is 0.497 e. The number of methoxy groups -OCH3 is 1. The van der Waals surface area contributed by atoms with Crippen LogP contribution in [0, 0.1) is 6.92 Å². The number of fused-ring (bicyclic) bond motifs is 2. The number of rotatable bonds is 7. The normalized spacial score (nSPS) is 11.4. The van der Waals surface area contributed by atoms with Crippen LogP contribution < -0.4 is 15.5 Å². The van der Waals surface area contributed by atoms with Crippen molar-refractivity contribution >= 4 is 27.5 Å². The Morgan fingerprint density at radius 2 is 1.74 bits per heavy atom. The number of anilines is 1. The molecule has 4 aromatic rings. The summed E-state index contributed by atoms with van der Waals surface area (Å²) in [5.74, 6) is 0.833. The van der Waals surface area contributed by atoms with Crippen LogP contribution in [0.15, 0.2) is 65.5 Å². The van der Waals surface area contributed by atoms with Gasteiger partial charge < -0.3 is 19.5 Å². The molecule has 0 spiro atoms. The van der Waals surface area contributed by atoms with E-state index in [1.165, 1.54) is 0 Å². The summed E-state index contributed by atoms with van der Waals surface area (Å²) >= 11 is 0. The molecule has 0 bridgehead atoms. The third-order valence-corrected chi connectivity index (χ3v) is 5.73. The molecule has 0 atom stereocenters. The van der Waals surface area contributed by atoms with Crippen LogP contribution in [0.25, 0.3) is 21.8 Å². The van der Waals surface area contributed by atoms with E-state index in [0.717, 1.165) is 57.5 Å². The van der Waals surface area contributed by atoms with Crippen molar-refractivity contribution in [3.63, 3.8) is 0 Å². The molecule has 0 aliphatic heterocycles. The van der Waals surface area contributed by atoms with E-state index in [1.54, 1.807) is 7.11 Å². The Hall–Kier alpha value is -3.31. The number of pyridine rings is 1. The molecule has 0 saturated carbocycles. The van der Waals surface area contributed by atoms with E-state index >= 15 is 0 Å². The fourth-order valence-electron chi connectivity index (χ4n) is 4.08. The van der Waals surface area contributed by atoms with Gasteiger partial charge in [-0.2, -0.15) is 0 Å². The lowest BCUT2D eigenvalue weighted by molar-refractivity contribution is 0.389. The first-order valence-corrected chi connectivity index (χ1v) is 10.6. The van der Waals surface area contributed by atoms with Crippen LogP contribution in [0.4, 0.5) is 5.69 Å². The molecule has 1 heterocycles. The smallest absolute Gasteiger partial charge is 0.199 e. The number of benzene rings is 3. The third kappa shape index (κ3) is 4.14. The average molecular weight is 416 g/mol. The summed E-state index contributed by atoms with van der Waals surface area (Å²) < 4.78 is 7.53. The van der Waals surface area contributed by atoms with Crippen molar-refractivity contribution in [2.24, 2.45) is 0 Å². The molecule has 1 aromatic heterocycles. The Kier molecular flexibility index (Phi) is 5.96. The summed E-state index contributed by atoms with van der Waals surface area (Å²) in [4.78, 5) is 15.7. The summed E-state index contributed by atoms with van der Waals surface area (Å²) in [6.45, 7) is 4.41. The highest BCUT2D eigenvalue weighted by Crippen LogP contribution is 2.27. The van der Waals surface area contributed by atoms with E-state index in [1.807, 2.05) is 48.5 Å². The summed E-state index contributed by atoms with van der Waals surface area (Å²) in [6, 6.07) is 20.0. The fourth-order valence-corrected chi connectivity index (χ4v) is 4.08. The van der Waals surface area contributed by atoms with Crippen LogP contribution in [0.3, 0.4) is 0 Å². The fraction of sp³-hybridized carbons (Fsp3) is 0.269. The second-order valence-corrected chi connectivity index (χ2v) is 8.16. The molecule has 0 unspecified atom stereocenters. The first kappa shape index (κ1) is 20.9. The maximum absolute atomic E-state index is 13.6. The molecule has 1 N–H and O–H groups in total. The van der Waals surface area contributed by atoms with Gasteiger partial charge in [-0.05, 0) is 62.5 Å². The van der Waals surface area contributed by atoms with E-state index in [0.29, 0.717) is 6.54 Å². The molecular formula is C26H29N3O2. The van der Waals surface area contributed by atoms with Crippen molar-refractivity contribution in [3.8, 4) is 5.75 Å². The van der Waals surface area contributed by atoms with Crippen molar-refractivity contribution in [2.75, 3.05) is 33.1 Å². The van der Waals surface area contributed by atoms with Crippen LogP contribution in [-0.2, 0) is 13.1 Å². The van der Waals surface area contributed by atoms with Crippen LogP contribution in [0.5, 0.6) is 5.75 Å². The van der Waals surface area contributed by atoms with Gasteiger partial charge in [0.05, 0.1) is 23.5 Å². The van der Waals surface area contributed by atoms with Gasteiger partial charge in [-0.15, -0.1) is 0 Å². The van der Waals surface area contributed by atoms with Gasteiger partial charge in [0, 0.05) is 30.7 Å². The van der Waals surface area contributed by atoms with Crippen LogP contribution in [0.2, 0.25) is 0 Å². The monoisotopic (exact) mass is 415 g/mol. The lowest BCUT2D eigenvalue weighted by atomic mass is 10.0. The summed E-state index contributed by atoms with van der Waals surface area (Å²) in [6.07, 6.45) is 0. The van der Waals surface area contributed by atoms with E-state index in [2.05, 4.69) is 47.9 Å². The molecule has 0 aliphatic rings. The number of hydrogen-bond acceptors (Lipinski definition) is 4. The number of ether oxygens (including phenoxy) is 1. The minimum Gasteiger partial charge on any atom is -0.497 e. The molecule has 0 saturated heterocycles. The topological polar surface area (TPSA) is 46.5 Å². The molecular weight excluding hydrogens is 386 g/mol. The van der Waals surface area contributed by atoms with Crippen LogP contribution in [-0.4, -0.2) is 37.2 Å². The summed E-state index contributed by atoms with van der Waals surface area (Å²) in [5.41, 5.74) is 5.17. The highest BCUT2D eigenvalue weighted by atomic mass is 16.5. The Morgan fingerprint density at radius 1 is 1.00 bits per heavy atom. The Bertz CT molecular complexity index is 1270. The molecule has 160 valence electrons. The zero-order valence-corrected chi connectivity index (χ0v) is 18.6. The highest BCUT2D eigenvalue weighted by Gasteiger charge is 2.15. The van der Waals surface area contributed by atoms with Gasteiger partial charge >= 0.3 is 0 Å². The number of nitrogens with zero attached hydrogens (tertiary/aromatic N) is 2. The molecule has 0 aliphatic carbocycles. The Morgan fingerprint density at radius 3 is 2.45 bits per heavy atom. The van der Waals surface area contributed by atoms with Gasteiger partial charge in [-0.3, -0.25) is 4.79 Å². The predicted octanol–water partition coefficient (Wildman–Crippen LogP) is 4.65. The second kappa shape index (κ2) is 8.82. The number of para-hydroxylation sites is 1. The second-order valence-electron chi connectivity index (χ2n) is 8.16. The van der Waals surface area contributed by atoms with E-state index in [9.17, 15) is 4.79 Å². The standard InChI is InChI=1S/C26H29N3O2/c1-18-7-5-8-21-25(18)29(16-15-28(2)3)23-10-6-9-22(24(23)26(21)30)27-17-19-11-13-20(31-4)14-12-19/h5-14,27H,15-17H2,1-4H3. The van der Waals surface area contributed by atoms with Gasteiger partial charge in [0.15, 0.2) is 5.43 Å². The molecule has 5 heteroatoms. The number of aryl methyl sites for hydroxylation is 1. The van der Waals surface area contributed by atoms with Crippen LogP contribution >= 0.6 is 0 Å². The predicted molar refractivity (Wildman–Crippen MR) is 129 cm³/mol. The third-order valence-electron chi connectivity index (χ3n) is 5.73. The summed E-state index contributed by atoms with van der Waals surface area (Å²) in [5, 5.41) is 5.00. The Labute approximate surface area is 182 Å². The highest BCUT2D eigenvalue weighted by molar-refractivity contribution is 6.00. The van der Waals surface area contributed by atoms with Crippen molar-refractivity contribution in [1.29, 1.82) is 0 Å². The molecule has 4 rings (SSSR count).